The number of hydrogen-bond acceptors (Lipinski definition) is 3. The molecule has 3 heteroatoms. The van der Waals surface area contributed by atoms with Crippen LogP contribution in [0.3, 0.4) is 0 Å². The van der Waals surface area contributed by atoms with Crippen molar-refractivity contribution in [3.05, 3.63) is 42.2 Å². The maximum Gasteiger partial charge on any atom is 0.343 e. The Bertz CT molecular complexity index is 327. The summed E-state index contributed by atoms with van der Waals surface area (Å²) in [6, 6.07) is 6.52. The Morgan fingerprint density at radius 1 is 1.38 bits per heavy atom. The van der Waals surface area contributed by atoms with E-state index >= 15 is 0 Å². The van der Waals surface area contributed by atoms with E-state index in [1.807, 2.05) is 0 Å². The second kappa shape index (κ2) is 3.76. The van der Waals surface area contributed by atoms with Gasteiger partial charge in [0.2, 0.25) is 0 Å². The van der Waals surface area contributed by atoms with E-state index in [-0.39, 0.29) is 0 Å². The fraction of sp³-hybridized carbons (Fsp3) is 0.100. The molecule has 0 unspecified atom stereocenters. The molecule has 2 N–H and O–H groups in total. The quantitative estimate of drug-likeness (QED) is 0.427. The topological polar surface area (TPSA) is 52.3 Å². The van der Waals surface area contributed by atoms with Gasteiger partial charge in [0.05, 0.1) is 11.3 Å². The first-order valence-electron chi connectivity index (χ1n) is 3.83. The Labute approximate surface area is 76.8 Å². The molecule has 0 aliphatic carbocycles. The van der Waals surface area contributed by atoms with Crippen molar-refractivity contribution in [1.82, 2.24) is 0 Å². The summed E-state index contributed by atoms with van der Waals surface area (Å²) in [6.07, 6.45) is 0. The van der Waals surface area contributed by atoms with Gasteiger partial charge < -0.3 is 10.5 Å². The van der Waals surface area contributed by atoms with Gasteiger partial charge in [-0.25, -0.2) is 4.79 Å². The van der Waals surface area contributed by atoms with E-state index in [9.17, 15) is 4.79 Å². The Hall–Kier alpha value is -1.77. The molecule has 0 aliphatic rings. The number of hydrogen-bond donors (Lipinski definition) is 1. The first-order chi connectivity index (χ1) is 6.09. The maximum atomic E-state index is 11.2. The van der Waals surface area contributed by atoms with Crippen LogP contribution in [0.1, 0.15) is 17.3 Å². The number of carbonyl (C=O) groups is 1. The van der Waals surface area contributed by atoms with Gasteiger partial charge in [-0.2, -0.15) is 0 Å². The molecule has 3 nitrogen and oxygen atoms in total. The van der Waals surface area contributed by atoms with Crippen LogP contribution in [0.25, 0.3) is 0 Å². The molecule has 0 saturated heterocycles. The summed E-state index contributed by atoms with van der Waals surface area (Å²) >= 11 is 0. The van der Waals surface area contributed by atoms with Gasteiger partial charge in [-0.1, -0.05) is 6.58 Å². The third-order valence-electron chi connectivity index (χ3n) is 1.41. The van der Waals surface area contributed by atoms with E-state index in [1.165, 1.54) is 0 Å². The van der Waals surface area contributed by atoms with Crippen LogP contribution < -0.4 is 5.73 Å². The number of allylic oxidation sites excluding steroid dienone is 1. The van der Waals surface area contributed by atoms with Gasteiger partial charge >= 0.3 is 5.97 Å². The minimum Gasteiger partial charge on any atom is -0.428 e. The Balaban J connectivity index is 2.78. The van der Waals surface area contributed by atoms with E-state index in [2.05, 4.69) is 6.58 Å². The number of esters is 1. The first kappa shape index (κ1) is 9.32. The number of ether oxygens (including phenoxy) is 1. The zero-order valence-corrected chi connectivity index (χ0v) is 7.41. The molecule has 0 aromatic heterocycles. The number of nitrogens with two attached hydrogens (primary N) is 1. The molecule has 1 rings (SSSR count). The van der Waals surface area contributed by atoms with E-state index in [4.69, 9.17) is 10.5 Å². The zero-order chi connectivity index (χ0) is 9.84. The summed E-state index contributed by atoms with van der Waals surface area (Å²) in [7, 11) is 0. The molecule has 1 aromatic carbocycles. The van der Waals surface area contributed by atoms with Crippen molar-refractivity contribution in [2.45, 2.75) is 6.92 Å². The summed E-state index contributed by atoms with van der Waals surface area (Å²) < 4.78 is 4.80. The average Bonchev–Trinajstić information content (AvgIpc) is 2.04. The highest BCUT2D eigenvalue weighted by molar-refractivity contribution is 5.90. The third kappa shape index (κ3) is 2.63. The molecule has 0 bridgehead atoms. The molecule has 13 heavy (non-hydrogen) atoms. The highest BCUT2D eigenvalue weighted by atomic mass is 16.5. The van der Waals surface area contributed by atoms with Crippen molar-refractivity contribution >= 4 is 11.7 Å². The molecule has 0 spiro atoms. The molecule has 0 radical (unpaired) electrons. The second-order valence-electron chi connectivity index (χ2n) is 2.71. The smallest absolute Gasteiger partial charge is 0.343 e. The van der Waals surface area contributed by atoms with Crippen LogP contribution in [0.15, 0.2) is 36.6 Å². The highest BCUT2D eigenvalue weighted by Crippen LogP contribution is 2.08. The maximum absolute atomic E-state index is 11.2. The van der Waals surface area contributed by atoms with Gasteiger partial charge in [0, 0.05) is 5.69 Å². The molecule has 0 amide bonds. The molecule has 1 aromatic rings. The predicted molar refractivity (Wildman–Crippen MR) is 51.1 cm³/mol. The van der Waals surface area contributed by atoms with Crippen molar-refractivity contribution < 1.29 is 9.53 Å². The van der Waals surface area contributed by atoms with Crippen molar-refractivity contribution in [2.24, 2.45) is 0 Å². The molecule has 0 atom stereocenters. The minimum atomic E-state index is -0.410. The SMILES string of the molecule is C=C(C)OC(=O)c1ccc(N)cc1. The van der Waals surface area contributed by atoms with Crippen LogP contribution in [-0.4, -0.2) is 5.97 Å². The van der Waals surface area contributed by atoms with Crippen molar-refractivity contribution in [3.63, 3.8) is 0 Å². The number of nitrogen functional groups attached to an aromatic ring is 1. The van der Waals surface area contributed by atoms with Crippen molar-refractivity contribution in [3.8, 4) is 0 Å². The Morgan fingerprint density at radius 3 is 2.38 bits per heavy atom. The molecular formula is C10H11NO2. The predicted octanol–water partition coefficient (Wildman–Crippen LogP) is 1.96. The zero-order valence-electron chi connectivity index (χ0n) is 7.41. The molecule has 0 fully saturated rings. The summed E-state index contributed by atoms with van der Waals surface area (Å²) in [4.78, 5) is 11.2. The summed E-state index contributed by atoms with van der Waals surface area (Å²) in [5.41, 5.74) is 6.55. The first-order valence-corrected chi connectivity index (χ1v) is 3.83. The molecule has 68 valence electrons. The van der Waals surface area contributed by atoms with E-state index in [0.29, 0.717) is 17.0 Å². The van der Waals surface area contributed by atoms with E-state index in [0.717, 1.165) is 0 Å². The Morgan fingerprint density at radius 2 is 1.92 bits per heavy atom. The van der Waals surface area contributed by atoms with Crippen molar-refractivity contribution in [2.75, 3.05) is 5.73 Å². The van der Waals surface area contributed by atoms with Gasteiger partial charge in [-0.05, 0) is 31.2 Å². The normalized spacial score (nSPS) is 9.31. The molecule has 0 saturated carbocycles. The third-order valence-corrected chi connectivity index (χ3v) is 1.41. The van der Waals surface area contributed by atoms with Crippen LogP contribution in [-0.2, 0) is 4.74 Å². The second-order valence-corrected chi connectivity index (χ2v) is 2.71. The fourth-order valence-electron chi connectivity index (χ4n) is 0.836. The van der Waals surface area contributed by atoms with Crippen molar-refractivity contribution in [1.29, 1.82) is 0 Å². The summed E-state index contributed by atoms with van der Waals surface area (Å²) in [5.74, 6) is -0.0330. The minimum absolute atomic E-state index is 0.377. The summed E-state index contributed by atoms with van der Waals surface area (Å²) in [5, 5.41) is 0. The lowest BCUT2D eigenvalue weighted by Gasteiger charge is -2.02. The average molecular weight is 177 g/mol. The fourth-order valence-corrected chi connectivity index (χ4v) is 0.836. The van der Waals surface area contributed by atoms with Crippen LogP contribution in [0.4, 0.5) is 5.69 Å². The van der Waals surface area contributed by atoms with Gasteiger partial charge in [-0.3, -0.25) is 0 Å². The molecular weight excluding hydrogens is 166 g/mol. The molecule has 0 aliphatic heterocycles. The van der Waals surface area contributed by atoms with Gasteiger partial charge in [0.1, 0.15) is 0 Å². The lowest BCUT2D eigenvalue weighted by molar-refractivity contribution is 0.0628. The Kier molecular flexibility index (Phi) is 2.69. The number of anilines is 1. The number of rotatable bonds is 2. The van der Waals surface area contributed by atoms with Gasteiger partial charge in [0.25, 0.3) is 0 Å². The van der Waals surface area contributed by atoms with Crippen LogP contribution in [0, 0.1) is 0 Å². The monoisotopic (exact) mass is 177 g/mol. The van der Waals surface area contributed by atoms with Crippen LogP contribution in [0.2, 0.25) is 0 Å². The van der Waals surface area contributed by atoms with E-state index < -0.39 is 5.97 Å². The van der Waals surface area contributed by atoms with Crippen LogP contribution in [0.5, 0.6) is 0 Å². The largest absolute Gasteiger partial charge is 0.428 e. The summed E-state index contributed by atoms with van der Waals surface area (Å²) in [6.45, 7) is 5.09. The highest BCUT2D eigenvalue weighted by Gasteiger charge is 2.05. The number of benzene rings is 1. The number of carbonyl (C=O) groups excluding carboxylic acids is 1. The standard InChI is InChI=1S/C10H11NO2/c1-7(2)13-10(12)8-3-5-9(11)6-4-8/h3-6H,1,11H2,2H3. The van der Waals surface area contributed by atoms with E-state index in [1.54, 1.807) is 31.2 Å². The molecule has 0 heterocycles. The lowest BCUT2D eigenvalue weighted by Crippen LogP contribution is -2.02. The van der Waals surface area contributed by atoms with Crippen LogP contribution >= 0.6 is 0 Å². The lowest BCUT2D eigenvalue weighted by atomic mass is 10.2. The van der Waals surface area contributed by atoms with Gasteiger partial charge in [0.15, 0.2) is 0 Å². The van der Waals surface area contributed by atoms with Gasteiger partial charge in [-0.15, -0.1) is 0 Å².